The van der Waals surface area contributed by atoms with Gasteiger partial charge in [-0.3, -0.25) is 9.05 Å². The van der Waals surface area contributed by atoms with Gasteiger partial charge in [-0.05, 0) is 12.8 Å². The average molecular weight is 381 g/mol. The van der Waals surface area contributed by atoms with Crippen molar-refractivity contribution in [2.75, 3.05) is 33.0 Å². The molecule has 6 nitrogen and oxygen atoms in total. The third-order valence-electron chi connectivity index (χ3n) is 3.95. The van der Waals surface area contributed by atoms with Crippen LogP contribution in [0.3, 0.4) is 0 Å². The Morgan fingerprint density at radius 3 is 1.76 bits per heavy atom. The largest absolute Gasteiger partial charge is 0.472 e. The standard InChI is InChI=1S/C18H40NO5P/c1-2-3-4-5-6-7-8-9-10-11-12-15-22-16-13-17-23-25(20,21)24-18-14-19/h2-19H2,1H3,(H,20,21). The zero-order valence-electron chi connectivity index (χ0n) is 16.1. The van der Waals surface area contributed by atoms with Gasteiger partial charge < -0.3 is 15.4 Å². The second-order valence-electron chi connectivity index (χ2n) is 6.43. The lowest BCUT2D eigenvalue weighted by molar-refractivity contribution is 0.102. The summed E-state index contributed by atoms with van der Waals surface area (Å²) in [5.74, 6) is 0. The summed E-state index contributed by atoms with van der Waals surface area (Å²) >= 11 is 0. The van der Waals surface area contributed by atoms with E-state index in [0.29, 0.717) is 13.0 Å². The third-order valence-corrected chi connectivity index (χ3v) is 4.97. The molecular formula is C18H40NO5P. The molecule has 0 aromatic rings. The van der Waals surface area contributed by atoms with Crippen LogP contribution in [0.2, 0.25) is 0 Å². The molecule has 1 unspecified atom stereocenters. The van der Waals surface area contributed by atoms with Crippen LogP contribution in [0.5, 0.6) is 0 Å². The fourth-order valence-electron chi connectivity index (χ4n) is 2.52. The molecule has 0 spiro atoms. The summed E-state index contributed by atoms with van der Waals surface area (Å²) < 4.78 is 26.3. The Hall–Kier alpha value is 0.0300. The summed E-state index contributed by atoms with van der Waals surface area (Å²) in [5.41, 5.74) is 5.19. The van der Waals surface area contributed by atoms with Gasteiger partial charge in [-0.15, -0.1) is 0 Å². The van der Waals surface area contributed by atoms with E-state index in [1.54, 1.807) is 0 Å². The van der Waals surface area contributed by atoms with E-state index in [-0.39, 0.29) is 19.8 Å². The predicted octanol–water partition coefficient (Wildman–Crippen LogP) is 4.80. The number of ether oxygens (including phenoxy) is 1. The van der Waals surface area contributed by atoms with Crippen LogP contribution in [0.1, 0.15) is 84.0 Å². The lowest BCUT2D eigenvalue weighted by Gasteiger charge is -2.11. The molecule has 0 heterocycles. The number of phosphoric acid groups is 1. The van der Waals surface area contributed by atoms with E-state index in [9.17, 15) is 9.46 Å². The summed E-state index contributed by atoms with van der Waals surface area (Å²) in [6, 6.07) is 0. The summed E-state index contributed by atoms with van der Waals surface area (Å²) in [5, 5.41) is 0. The number of hydrogen-bond acceptors (Lipinski definition) is 5. The molecule has 0 amide bonds. The van der Waals surface area contributed by atoms with Crippen molar-refractivity contribution >= 4 is 7.82 Å². The number of hydrogen-bond donors (Lipinski definition) is 2. The molecule has 7 heteroatoms. The highest BCUT2D eigenvalue weighted by Gasteiger charge is 2.19. The molecule has 152 valence electrons. The van der Waals surface area contributed by atoms with Crippen molar-refractivity contribution in [3.63, 3.8) is 0 Å². The number of nitrogens with two attached hydrogens (primary N) is 1. The first-order valence-electron chi connectivity index (χ1n) is 10.0. The normalized spacial score (nSPS) is 13.9. The molecule has 3 N–H and O–H groups in total. The van der Waals surface area contributed by atoms with Crippen LogP contribution >= 0.6 is 7.82 Å². The van der Waals surface area contributed by atoms with Crippen molar-refractivity contribution in [1.82, 2.24) is 0 Å². The van der Waals surface area contributed by atoms with Crippen molar-refractivity contribution in [2.45, 2.75) is 84.0 Å². The maximum atomic E-state index is 11.3. The van der Waals surface area contributed by atoms with E-state index in [1.807, 2.05) is 0 Å². The highest BCUT2D eigenvalue weighted by molar-refractivity contribution is 7.47. The summed E-state index contributed by atoms with van der Waals surface area (Å²) in [6.45, 7) is 3.90. The van der Waals surface area contributed by atoms with Crippen LogP contribution in [0, 0.1) is 0 Å². The molecule has 0 aliphatic heterocycles. The first kappa shape index (κ1) is 25.0. The van der Waals surface area contributed by atoms with Gasteiger partial charge in [-0.25, -0.2) is 4.57 Å². The molecule has 0 saturated heterocycles. The minimum absolute atomic E-state index is 0.0170. The fourth-order valence-corrected chi connectivity index (χ4v) is 3.29. The number of rotatable bonds is 20. The highest BCUT2D eigenvalue weighted by atomic mass is 31.2. The Morgan fingerprint density at radius 1 is 0.720 bits per heavy atom. The Labute approximate surface area is 154 Å². The van der Waals surface area contributed by atoms with Crippen molar-refractivity contribution < 1.29 is 23.2 Å². The SMILES string of the molecule is CCCCCCCCCCCCCOCCCOP(=O)(O)OCCN. The minimum Gasteiger partial charge on any atom is -0.381 e. The van der Waals surface area contributed by atoms with E-state index < -0.39 is 7.82 Å². The molecule has 0 saturated carbocycles. The molecular weight excluding hydrogens is 341 g/mol. The Bertz CT molecular complexity index is 318. The van der Waals surface area contributed by atoms with Gasteiger partial charge in [-0.1, -0.05) is 71.1 Å². The third kappa shape index (κ3) is 20.2. The van der Waals surface area contributed by atoms with Crippen LogP contribution in [-0.2, 0) is 18.3 Å². The van der Waals surface area contributed by atoms with Crippen LogP contribution in [0.15, 0.2) is 0 Å². The zero-order valence-corrected chi connectivity index (χ0v) is 17.0. The second kappa shape index (κ2) is 18.8. The highest BCUT2D eigenvalue weighted by Crippen LogP contribution is 2.42. The number of phosphoric ester groups is 1. The Kier molecular flexibility index (Phi) is 18.8. The summed E-state index contributed by atoms with van der Waals surface area (Å²) in [7, 11) is -3.93. The fraction of sp³-hybridized carbons (Fsp3) is 1.00. The van der Waals surface area contributed by atoms with Gasteiger partial charge in [0.25, 0.3) is 0 Å². The molecule has 0 aliphatic rings. The molecule has 0 fully saturated rings. The van der Waals surface area contributed by atoms with Crippen molar-refractivity contribution in [3.05, 3.63) is 0 Å². The van der Waals surface area contributed by atoms with E-state index >= 15 is 0 Å². The van der Waals surface area contributed by atoms with E-state index in [0.717, 1.165) is 13.0 Å². The quantitative estimate of drug-likeness (QED) is 0.233. The molecule has 1 atom stereocenters. The number of unbranched alkanes of at least 4 members (excludes halogenated alkanes) is 10. The predicted molar refractivity (Wildman–Crippen MR) is 103 cm³/mol. The van der Waals surface area contributed by atoms with Gasteiger partial charge in [-0.2, -0.15) is 0 Å². The van der Waals surface area contributed by atoms with Crippen molar-refractivity contribution in [1.29, 1.82) is 0 Å². The topological polar surface area (TPSA) is 91.0 Å². The summed E-state index contributed by atoms with van der Waals surface area (Å²) in [6.07, 6.45) is 15.1. The maximum Gasteiger partial charge on any atom is 0.472 e. The van der Waals surface area contributed by atoms with Gasteiger partial charge in [0.15, 0.2) is 0 Å². The molecule has 25 heavy (non-hydrogen) atoms. The van der Waals surface area contributed by atoms with E-state index in [4.69, 9.17) is 15.0 Å². The average Bonchev–Trinajstić information content (AvgIpc) is 2.59. The van der Waals surface area contributed by atoms with Crippen LogP contribution in [-0.4, -0.2) is 37.9 Å². The monoisotopic (exact) mass is 381 g/mol. The molecule has 0 bridgehead atoms. The van der Waals surface area contributed by atoms with Gasteiger partial charge in [0.05, 0.1) is 13.2 Å². The molecule has 0 radical (unpaired) electrons. The molecule has 0 aliphatic carbocycles. The van der Waals surface area contributed by atoms with Crippen molar-refractivity contribution in [3.8, 4) is 0 Å². The minimum atomic E-state index is -3.93. The smallest absolute Gasteiger partial charge is 0.381 e. The van der Waals surface area contributed by atoms with Gasteiger partial charge in [0, 0.05) is 19.8 Å². The second-order valence-corrected chi connectivity index (χ2v) is 7.88. The van der Waals surface area contributed by atoms with Gasteiger partial charge in [0.2, 0.25) is 0 Å². The summed E-state index contributed by atoms with van der Waals surface area (Å²) in [4.78, 5) is 9.28. The van der Waals surface area contributed by atoms with Gasteiger partial charge >= 0.3 is 7.82 Å². The molecule has 0 rings (SSSR count). The lowest BCUT2D eigenvalue weighted by atomic mass is 10.1. The van der Waals surface area contributed by atoms with Gasteiger partial charge in [0.1, 0.15) is 0 Å². The van der Waals surface area contributed by atoms with Crippen LogP contribution in [0.25, 0.3) is 0 Å². The maximum absolute atomic E-state index is 11.3. The van der Waals surface area contributed by atoms with Crippen LogP contribution in [0.4, 0.5) is 0 Å². The first-order valence-corrected chi connectivity index (χ1v) is 11.5. The first-order chi connectivity index (χ1) is 12.1. The zero-order chi connectivity index (χ0) is 18.6. The molecule has 0 aromatic carbocycles. The van der Waals surface area contributed by atoms with Crippen molar-refractivity contribution in [2.24, 2.45) is 5.73 Å². The van der Waals surface area contributed by atoms with Crippen LogP contribution < -0.4 is 5.73 Å². The lowest BCUT2D eigenvalue weighted by Crippen LogP contribution is -2.09. The van der Waals surface area contributed by atoms with E-state index in [1.165, 1.54) is 64.2 Å². The Morgan fingerprint density at radius 2 is 1.20 bits per heavy atom. The van der Waals surface area contributed by atoms with E-state index in [2.05, 4.69) is 11.4 Å². The molecule has 0 aromatic heterocycles. The Balaban J connectivity index is 3.15.